The molecule has 2 radical (unpaired) electrons. The molecule has 4 heavy (non-hydrogen) atoms. The van der Waals surface area contributed by atoms with E-state index < -0.39 is 0 Å². The van der Waals surface area contributed by atoms with Crippen LogP contribution in [0.1, 0.15) is 0 Å². The van der Waals surface area contributed by atoms with E-state index in [1.165, 1.54) is 6.19 Å². The summed E-state index contributed by atoms with van der Waals surface area (Å²) in [7, 11) is 0. The van der Waals surface area contributed by atoms with Crippen LogP contribution in [-0.2, 0) is 0 Å². The van der Waals surface area contributed by atoms with E-state index in [2.05, 4.69) is 5.73 Å². The van der Waals surface area contributed by atoms with Gasteiger partial charge in [-0.2, -0.15) is 5.26 Å². The summed E-state index contributed by atoms with van der Waals surface area (Å²) in [6, 6.07) is 0. The Balaban J connectivity index is 0. The van der Waals surface area contributed by atoms with Gasteiger partial charge in [0.2, 0.25) is 0 Å². The van der Waals surface area contributed by atoms with Crippen molar-refractivity contribution >= 4 is 27.3 Å². The van der Waals surface area contributed by atoms with E-state index in [0.717, 1.165) is 0 Å². The van der Waals surface area contributed by atoms with Crippen LogP contribution in [0.2, 0.25) is 0 Å². The van der Waals surface area contributed by atoms with Gasteiger partial charge in [0.25, 0.3) is 0 Å². The molecule has 0 aromatic heterocycles. The average Bonchev–Trinajstić information content (AvgIpc) is 0.918. The van der Waals surface area contributed by atoms with Crippen LogP contribution < -0.4 is 5.73 Å². The van der Waals surface area contributed by atoms with Gasteiger partial charge in [0.15, 0.2) is 6.19 Å². The van der Waals surface area contributed by atoms with Gasteiger partial charge in [0.05, 0.1) is 0 Å². The first-order chi connectivity index (χ1) is 1.41. The molecular formula is CH2N2Pb+2. The predicted molar refractivity (Wildman–Crippen MR) is 15.6 cm³/mol. The summed E-state index contributed by atoms with van der Waals surface area (Å²) >= 11 is 0. The summed E-state index contributed by atoms with van der Waals surface area (Å²) in [6.07, 6.45) is 1.25. The van der Waals surface area contributed by atoms with Crippen LogP contribution in [0, 0.1) is 11.5 Å². The van der Waals surface area contributed by atoms with Crippen molar-refractivity contribution in [2.24, 2.45) is 5.73 Å². The Kier molecular flexibility index (Phi) is 23.8. The smallest absolute Gasteiger partial charge is 0.337 e. The maximum absolute atomic E-state index is 7.10. The first kappa shape index (κ1) is 8.88. The van der Waals surface area contributed by atoms with Crippen LogP contribution in [0.15, 0.2) is 0 Å². The minimum atomic E-state index is 0. The molecule has 0 saturated carbocycles. The third kappa shape index (κ3) is 72.3. The zero-order chi connectivity index (χ0) is 2.71. The largest absolute Gasteiger partial charge is 2.00 e. The molecule has 0 aliphatic rings. The Labute approximate surface area is 44.8 Å². The third-order valence-electron chi connectivity index (χ3n) is 0. The molecule has 0 unspecified atom stereocenters. The van der Waals surface area contributed by atoms with E-state index in [-0.39, 0.29) is 27.3 Å². The Morgan fingerprint density at radius 3 is 1.75 bits per heavy atom. The van der Waals surface area contributed by atoms with Gasteiger partial charge in [-0.05, 0) is 0 Å². The van der Waals surface area contributed by atoms with Crippen molar-refractivity contribution in [3.63, 3.8) is 0 Å². The fraction of sp³-hybridized carbons (Fsp3) is 0. The van der Waals surface area contributed by atoms with Gasteiger partial charge >= 0.3 is 27.3 Å². The van der Waals surface area contributed by atoms with Gasteiger partial charge in [0, 0.05) is 0 Å². The molecule has 0 heterocycles. The first-order valence-electron chi connectivity index (χ1n) is 0.512. The van der Waals surface area contributed by atoms with E-state index in [1.54, 1.807) is 0 Å². The van der Waals surface area contributed by atoms with Crippen LogP contribution in [0.4, 0.5) is 0 Å². The van der Waals surface area contributed by atoms with Crippen LogP contribution in [0.25, 0.3) is 0 Å². The molecule has 3 heteroatoms. The number of nitrogens with zero attached hydrogens (tertiary/aromatic N) is 1. The van der Waals surface area contributed by atoms with Gasteiger partial charge < -0.3 is 5.73 Å². The second-order valence-electron chi connectivity index (χ2n) is 0.129. The third-order valence-corrected chi connectivity index (χ3v) is 0. The second kappa shape index (κ2) is 10.7. The number of rotatable bonds is 0. The molecule has 0 aromatic carbocycles. The molecule has 0 rings (SSSR count). The molecular weight excluding hydrogens is 247 g/mol. The van der Waals surface area contributed by atoms with E-state index in [0.29, 0.717) is 0 Å². The van der Waals surface area contributed by atoms with Crippen LogP contribution in [-0.4, -0.2) is 27.3 Å². The van der Waals surface area contributed by atoms with Crippen LogP contribution in [0.5, 0.6) is 0 Å². The molecule has 0 amide bonds. The van der Waals surface area contributed by atoms with Crippen molar-refractivity contribution in [2.75, 3.05) is 0 Å². The molecule has 2 N–H and O–H groups in total. The van der Waals surface area contributed by atoms with Gasteiger partial charge in [-0.1, -0.05) is 0 Å². The Bertz CT molecular complexity index is 27.5. The summed E-state index contributed by atoms with van der Waals surface area (Å²) in [5, 5.41) is 7.10. The Hall–Kier alpha value is 0.212. The number of hydrogen-bond donors (Lipinski definition) is 1. The average molecular weight is 249 g/mol. The van der Waals surface area contributed by atoms with Gasteiger partial charge in [-0.25, -0.2) is 0 Å². The minimum absolute atomic E-state index is 0. The van der Waals surface area contributed by atoms with Gasteiger partial charge in [0.1, 0.15) is 0 Å². The molecule has 18 valence electrons. The standard InChI is InChI=1S/CH2N2.Pb/c2-1-3;/h2H2;/q;+2. The molecule has 0 atom stereocenters. The molecule has 0 aromatic rings. The summed E-state index contributed by atoms with van der Waals surface area (Å²) < 4.78 is 0. The van der Waals surface area contributed by atoms with Crippen molar-refractivity contribution in [2.45, 2.75) is 0 Å². The summed E-state index contributed by atoms with van der Waals surface area (Å²) in [5.74, 6) is 0. The molecule has 2 nitrogen and oxygen atoms in total. The SMILES string of the molecule is N#CN.[Pb+2]. The normalized spacial score (nSPS) is 1.75. The Morgan fingerprint density at radius 2 is 1.75 bits per heavy atom. The van der Waals surface area contributed by atoms with E-state index >= 15 is 0 Å². The van der Waals surface area contributed by atoms with Crippen LogP contribution in [0.3, 0.4) is 0 Å². The number of nitrogens with two attached hydrogens (primary N) is 1. The van der Waals surface area contributed by atoms with Crippen molar-refractivity contribution in [1.29, 1.82) is 5.26 Å². The van der Waals surface area contributed by atoms with E-state index in [1.807, 2.05) is 0 Å². The molecule has 0 spiro atoms. The van der Waals surface area contributed by atoms with E-state index in [4.69, 9.17) is 5.26 Å². The number of nitriles is 1. The molecule has 0 aliphatic heterocycles. The van der Waals surface area contributed by atoms with Gasteiger partial charge in [-0.3, -0.25) is 0 Å². The quantitative estimate of drug-likeness (QED) is 0.342. The monoisotopic (exact) mass is 250 g/mol. The fourth-order valence-corrected chi connectivity index (χ4v) is 0. The van der Waals surface area contributed by atoms with Crippen molar-refractivity contribution < 1.29 is 0 Å². The Morgan fingerprint density at radius 1 is 1.75 bits per heavy atom. The summed E-state index contributed by atoms with van der Waals surface area (Å²) in [5.41, 5.74) is 4.15. The van der Waals surface area contributed by atoms with Crippen molar-refractivity contribution in [1.82, 2.24) is 0 Å². The minimum Gasteiger partial charge on any atom is -0.337 e. The maximum atomic E-state index is 7.10. The van der Waals surface area contributed by atoms with Crippen LogP contribution >= 0.6 is 0 Å². The van der Waals surface area contributed by atoms with Crippen molar-refractivity contribution in [3.05, 3.63) is 0 Å². The number of hydrogen-bond acceptors (Lipinski definition) is 2. The molecule has 0 fully saturated rings. The molecule has 0 aliphatic carbocycles. The molecule has 0 saturated heterocycles. The van der Waals surface area contributed by atoms with Crippen molar-refractivity contribution in [3.8, 4) is 6.19 Å². The zero-order valence-corrected chi connectivity index (χ0v) is 5.91. The second-order valence-corrected chi connectivity index (χ2v) is 0.129. The molecule has 0 bridgehead atoms. The van der Waals surface area contributed by atoms with Gasteiger partial charge in [-0.15, -0.1) is 0 Å². The van der Waals surface area contributed by atoms with E-state index in [9.17, 15) is 0 Å². The topological polar surface area (TPSA) is 49.8 Å². The fourth-order valence-electron chi connectivity index (χ4n) is 0. The zero-order valence-electron chi connectivity index (χ0n) is 2.02. The first-order valence-corrected chi connectivity index (χ1v) is 0.512. The summed E-state index contributed by atoms with van der Waals surface area (Å²) in [4.78, 5) is 0. The summed E-state index contributed by atoms with van der Waals surface area (Å²) in [6.45, 7) is 0. The predicted octanol–water partition coefficient (Wildman–Crippen LogP) is -0.955. The maximum Gasteiger partial charge on any atom is 2.00 e.